The summed E-state index contributed by atoms with van der Waals surface area (Å²) >= 11 is 0. The third-order valence-corrected chi connectivity index (χ3v) is 5.72. The van der Waals surface area contributed by atoms with Gasteiger partial charge in [0.25, 0.3) is 0 Å². The van der Waals surface area contributed by atoms with Gasteiger partial charge in [-0.3, -0.25) is 0 Å². The van der Waals surface area contributed by atoms with Crippen LogP contribution >= 0.6 is 0 Å². The van der Waals surface area contributed by atoms with Gasteiger partial charge in [0.2, 0.25) is 0 Å². The van der Waals surface area contributed by atoms with Crippen LogP contribution in [-0.2, 0) is 24.0 Å². The van der Waals surface area contributed by atoms with E-state index < -0.39 is 43.5 Å². The Morgan fingerprint density at radius 1 is 1.04 bits per heavy atom. The summed E-state index contributed by atoms with van der Waals surface area (Å²) in [6.07, 6.45) is -6.98. The van der Waals surface area contributed by atoms with Gasteiger partial charge in [-0.25, -0.2) is 0 Å². The van der Waals surface area contributed by atoms with Crippen LogP contribution in [0.5, 0.6) is 5.75 Å². The van der Waals surface area contributed by atoms with Crippen molar-refractivity contribution >= 4 is 0 Å². The molecule has 28 heavy (non-hydrogen) atoms. The molecule has 6 nitrogen and oxygen atoms in total. The van der Waals surface area contributed by atoms with Crippen molar-refractivity contribution in [2.45, 2.75) is 56.7 Å². The Morgan fingerprint density at radius 2 is 1.79 bits per heavy atom. The van der Waals surface area contributed by atoms with E-state index >= 15 is 0 Å². The van der Waals surface area contributed by atoms with Gasteiger partial charge in [-0.1, -0.05) is 18.2 Å². The second-order valence-electron chi connectivity index (χ2n) is 7.58. The highest BCUT2D eigenvalue weighted by atomic mass is 16.5. The summed E-state index contributed by atoms with van der Waals surface area (Å²) in [4.78, 5) is 0. The molecule has 1 aliphatic heterocycles. The van der Waals surface area contributed by atoms with Gasteiger partial charge in [0.1, 0.15) is 36.3 Å². The van der Waals surface area contributed by atoms with Crippen molar-refractivity contribution < 1.29 is 33.0 Å². The molecule has 5 atom stereocenters. The number of aryl methyl sites for hydroxylation is 3. The number of aliphatic hydroxyl groups excluding tert-OH is 4. The number of rotatable bonds is 4. The van der Waals surface area contributed by atoms with Crippen molar-refractivity contribution in [3.8, 4) is 5.75 Å². The first-order chi connectivity index (χ1) is 14.1. The van der Waals surface area contributed by atoms with E-state index in [1.165, 1.54) is 17.7 Å². The lowest BCUT2D eigenvalue weighted by Crippen LogP contribution is -2.55. The van der Waals surface area contributed by atoms with Crippen molar-refractivity contribution in [3.63, 3.8) is 0 Å². The molecule has 0 amide bonds. The van der Waals surface area contributed by atoms with Gasteiger partial charge in [0, 0.05) is 8.30 Å². The maximum atomic E-state index is 10.5. The standard InChI is InChI=1S/C22H26O6/c1-11-6-17(24)16(22-21(27)20(26)19(25)18(10-23)28-22)9-15(11)8-12-2-3-13-4-5-14(13)7-12/h2-3,6-7,9,18-27H,4-5,8,10H2,1H3/t18-,19-,20+,21-,22+/m1/s1/i8D2. The Labute approximate surface area is 166 Å². The molecule has 0 aromatic heterocycles. The monoisotopic (exact) mass is 388 g/mol. The Bertz CT molecular complexity index is 961. The van der Waals surface area contributed by atoms with Crippen LogP contribution in [0.1, 0.15) is 42.2 Å². The molecule has 1 fully saturated rings. The molecule has 0 unspecified atom stereocenters. The van der Waals surface area contributed by atoms with Crippen molar-refractivity contribution in [1.82, 2.24) is 0 Å². The Balaban J connectivity index is 1.76. The topological polar surface area (TPSA) is 110 Å². The van der Waals surface area contributed by atoms with Gasteiger partial charge in [-0.05, 0) is 66.1 Å². The molecule has 2 aromatic rings. The van der Waals surface area contributed by atoms with E-state index in [4.69, 9.17) is 7.48 Å². The molecule has 2 aromatic carbocycles. The molecular weight excluding hydrogens is 360 g/mol. The zero-order valence-corrected chi connectivity index (χ0v) is 15.5. The highest BCUT2D eigenvalue weighted by molar-refractivity contribution is 5.46. The minimum Gasteiger partial charge on any atom is -0.508 e. The predicted octanol–water partition coefficient (Wildman–Crippen LogP) is 0.905. The number of benzene rings is 2. The Morgan fingerprint density at radius 3 is 2.43 bits per heavy atom. The maximum absolute atomic E-state index is 10.5. The minimum absolute atomic E-state index is 0.0836. The first kappa shape index (κ1) is 16.9. The Kier molecular flexibility index (Phi) is 4.52. The molecule has 1 heterocycles. The minimum atomic E-state index is -1.87. The summed E-state index contributed by atoms with van der Waals surface area (Å²) in [5.41, 5.74) is 3.75. The van der Waals surface area contributed by atoms with Crippen molar-refractivity contribution in [2.24, 2.45) is 0 Å². The largest absolute Gasteiger partial charge is 0.508 e. The van der Waals surface area contributed by atoms with Crippen molar-refractivity contribution in [1.29, 1.82) is 0 Å². The normalized spacial score (nSPS) is 30.8. The van der Waals surface area contributed by atoms with Crippen LogP contribution in [0.4, 0.5) is 0 Å². The number of ether oxygens (including phenoxy) is 1. The molecule has 0 bridgehead atoms. The van der Waals surface area contributed by atoms with E-state index in [9.17, 15) is 25.5 Å². The van der Waals surface area contributed by atoms with Crippen LogP contribution < -0.4 is 0 Å². The van der Waals surface area contributed by atoms with Gasteiger partial charge < -0.3 is 30.3 Å². The van der Waals surface area contributed by atoms with Gasteiger partial charge in [-0.2, -0.15) is 0 Å². The molecule has 150 valence electrons. The number of phenols is 1. The average Bonchev–Trinajstić information content (AvgIpc) is 2.68. The quantitative estimate of drug-likeness (QED) is 0.532. The van der Waals surface area contributed by atoms with Crippen molar-refractivity contribution in [2.75, 3.05) is 6.61 Å². The van der Waals surface area contributed by atoms with E-state index in [1.807, 2.05) is 12.1 Å². The number of aliphatic hydroxyl groups is 4. The van der Waals surface area contributed by atoms with Crippen LogP contribution in [0, 0.1) is 6.92 Å². The summed E-state index contributed by atoms with van der Waals surface area (Å²) in [6.45, 7) is 1.10. The van der Waals surface area contributed by atoms with Crippen LogP contribution in [0.15, 0.2) is 30.3 Å². The third kappa shape index (κ3) is 3.32. The zero-order chi connectivity index (χ0) is 21.8. The van der Waals surface area contributed by atoms with E-state index in [-0.39, 0.29) is 11.3 Å². The fraction of sp³-hybridized carbons (Fsp3) is 0.455. The summed E-state index contributed by atoms with van der Waals surface area (Å²) in [5, 5.41) is 50.5. The highest BCUT2D eigenvalue weighted by Gasteiger charge is 2.44. The first-order valence-electron chi connectivity index (χ1n) is 10.4. The van der Waals surface area contributed by atoms with Crippen LogP contribution in [0.3, 0.4) is 0 Å². The third-order valence-electron chi connectivity index (χ3n) is 5.72. The molecule has 0 spiro atoms. The SMILES string of the molecule is [2H]C([2H])(c1ccc2c(c1)CC2)c1cc([C@@H]2O[C@H](CO)[C@@H](O)[C@H](O)[C@H]2O)c(O)cc1C. The molecule has 6 heteroatoms. The van der Waals surface area contributed by atoms with E-state index in [2.05, 4.69) is 0 Å². The van der Waals surface area contributed by atoms with Gasteiger partial charge >= 0.3 is 0 Å². The number of aromatic hydroxyl groups is 1. The molecule has 0 radical (unpaired) electrons. The predicted molar refractivity (Wildman–Crippen MR) is 102 cm³/mol. The van der Waals surface area contributed by atoms with E-state index in [1.54, 1.807) is 13.0 Å². The van der Waals surface area contributed by atoms with Gasteiger partial charge in [0.15, 0.2) is 0 Å². The molecule has 2 aliphatic rings. The fourth-order valence-corrected chi connectivity index (χ4v) is 3.86. The number of hydrogen-bond donors (Lipinski definition) is 5. The van der Waals surface area contributed by atoms with Crippen molar-refractivity contribution in [3.05, 3.63) is 63.7 Å². The molecule has 5 N–H and O–H groups in total. The Hall–Kier alpha value is -1.96. The second kappa shape index (κ2) is 7.46. The van der Waals surface area contributed by atoms with Gasteiger partial charge in [-0.15, -0.1) is 0 Å². The lowest BCUT2D eigenvalue weighted by molar-refractivity contribution is -0.232. The maximum Gasteiger partial charge on any atom is 0.121 e. The summed E-state index contributed by atoms with van der Waals surface area (Å²) in [7, 11) is 0. The lowest BCUT2D eigenvalue weighted by Gasteiger charge is -2.40. The lowest BCUT2D eigenvalue weighted by atomic mass is 9.85. The van der Waals surface area contributed by atoms with Crippen LogP contribution in [-0.4, -0.2) is 56.6 Å². The molecule has 4 rings (SSSR count). The summed E-state index contributed by atoms with van der Waals surface area (Å²) < 4.78 is 23.1. The highest BCUT2D eigenvalue weighted by Crippen LogP contribution is 2.38. The van der Waals surface area contributed by atoms with E-state index in [0.29, 0.717) is 16.7 Å². The first-order valence-corrected chi connectivity index (χ1v) is 9.42. The molecule has 1 saturated heterocycles. The smallest absolute Gasteiger partial charge is 0.121 e. The molecule has 1 aliphatic carbocycles. The molecule has 0 saturated carbocycles. The fourth-order valence-electron chi connectivity index (χ4n) is 3.86. The average molecular weight is 388 g/mol. The number of hydrogen-bond acceptors (Lipinski definition) is 6. The zero-order valence-electron chi connectivity index (χ0n) is 17.5. The number of phenolic OH excluding ortho intramolecular Hbond substituents is 1. The van der Waals surface area contributed by atoms with Gasteiger partial charge in [0.05, 0.1) is 6.61 Å². The number of fused-ring (bicyclic) bond motifs is 1. The second-order valence-corrected chi connectivity index (χ2v) is 7.58. The van der Waals surface area contributed by atoms with Crippen LogP contribution in [0.25, 0.3) is 0 Å². The van der Waals surface area contributed by atoms with Crippen LogP contribution in [0.2, 0.25) is 0 Å². The summed E-state index contributed by atoms with van der Waals surface area (Å²) in [6, 6.07) is 8.37. The molecular formula is C22H26O6. The van der Waals surface area contributed by atoms with E-state index in [0.717, 1.165) is 18.4 Å². The summed E-state index contributed by atoms with van der Waals surface area (Å²) in [5.74, 6) is -0.228.